The minimum Gasteiger partial charge on any atom is -0.466 e. The van der Waals surface area contributed by atoms with Gasteiger partial charge in [-0.15, -0.1) is 0 Å². The van der Waals surface area contributed by atoms with Crippen molar-refractivity contribution in [3.05, 3.63) is 63.6 Å². The molecule has 10 nitrogen and oxygen atoms in total. The van der Waals surface area contributed by atoms with E-state index in [-0.39, 0.29) is 22.4 Å². The fourth-order valence-corrected chi connectivity index (χ4v) is 4.13. The van der Waals surface area contributed by atoms with Crippen molar-refractivity contribution < 1.29 is 38.1 Å². The molecule has 1 aliphatic heterocycles. The van der Waals surface area contributed by atoms with Crippen LogP contribution in [0, 0.1) is 12.8 Å². The number of ether oxygens (including phenoxy) is 4. The molecule has 184 valence electrons. The number of hydrogen-bond acceptors (Lipinski definition) is 10. The Morgan fingerprint density at radius 3 is 1.94 bits per heavy atom. The van der Waals surface area contributed by atoms with E-state index in [1.165, 1.54) is 21.3 Å². The van der Waals surface area contributed by atoms with Crippen LogP contribution in [0.5, 0.6) is 0 Å². The molecule has 0 fully saturated rings. The van der Waals surface area contributed by atoms with Crippen molar-refractivity contribution in [3.8, 4) is 0 Å². The van der Waals surface area contributed by atoms with Crippen LogP contribution in [0.4, 0.5) is 0 Å². The highest BCUT2D eigenvalue weighted by atomic mass is 16.5. The molecule has 0 unspecified atom stereocenters. The van der Waals surface area contributed by atoms with Gasteiger partial charge in [0.1, 0.15) is 12.5 Å². The van der Waals surface area contributed by atoms with E-state index in [4.69, 9.17) is 18.9 Å². The van der Waals surface area contributed by atoms with Crippen molar-refractivity contribution >= 4 is 34.8 Å². The number of allylic oxidation sites excluding steroid dienone is 2. The summed E-state index contributed by atoms with van der Waals surface area (Å²) in [6.07, 6.45) is 0. The third kappa shape index (κ3) is 4.72. The normalized spacial score (nSPS) is 13.9. The summed E-state index contributed by atoms with van der Waals surface area (Å²) in [7, 11) is 3.57. The smallest absolute Gasteiger partial charge is 0.340 e. The van der Waals surface area contributed by atoms with Gasteiger partial charge in [0.05, 0.1) is 49.2 Å². The molecule has 10 heteroatoms. The molecule has 0 saturated carbocycles. The first-order valence-corrected chi connectivity index (χ1v) is 10.6. The summed E-state index contributed by atoms with van der Waals surface area (Å²) in [6.45, 7) is 4.50. The number of fused-ring (bicyclic) bond motifs is 1. The van der Waals surface area contributed by atoms with Gasteiger partial charge in [-0.2, -0.15) is 0 Å². The quantitative estimate of drug-likeness (QED) is 0.484. The SMILES string of the molecule is COC(=O)C1=C(C)NC(C)=C(C(=O)OC)C1C(=O)OCc1nc2ccccc2c(C)c1C(=O)OC. The maximum Gasteiger partial charge on any atom is 0.340 e. The lowest BCUT2D eigenvalue weighted by atomic mass is 9.85. The molecule has 35 heavy (non-hydrogen) atoms. The number of para-hydroxylation sites is 1. The van der Waals surface area contributed by atoms with Crippen LogP contribution in [0.3, 0.4) is 0 Å². The van der Waals surface area contributed by atoms with Crippen LogP contribution in [-0.4, -0.2) is 50.2 Å². The van der Waals surface area contributed by atoms with E-state index in [0.29, 0.717) is 22.5 Å². The highest BCUT2D eigenvalue weighted by Crippen LogP contribution is 2.33. The standard InChI is InChI=1S/C25H26N2O8/c1-12-15-9-7-8-10-16(15)27-17(18(12)22(28)32-4)11-35-25(31)21-19(23(29)33-5)13(2)26-14(3)20(21)24(30)34-6/h7-10,21,26H,11H2,1-6H3. The Bertz CT molecular complexity index is 1250. The molecular weight excluding hydrogens is 456 g/mol. The molecule has 0 spiro atoms. The van der Waals surface area contributed by atoms with Crippen molar-refractivity contribution in [3.63, 3.8) is 0 Å². The molecule has 0 bridgehead atoms. The van der Waals surface area contributed by atoms with Gasteiger partial charge in [-0.25, -0.2) is 19.4 Å². The van der Waals surface area contributed by atoms with Crippen LogP contribution in [-0.2, 0) is 39.9 Å². The second-order valence-electron chi connectivity index (χ2n) is 7.79. The molecule has 0 aliphatic carbocycles. The Balaban J connectivity index is 2.04. The lowest BCUT2D eigenvalue weighted by molar-refractivity contribution is -0.152. The number of esters is 4. The fourth-order valence-electron chi connectivity index (χ4n) is 4.13. The number of methoxy groups -OCH3 is 3. The number of benzene rings is 1. The third-order valence-corrected chi connectivity index (χ3v) is 5.77. The van der Waals surface area contributed by atoms with Crippen LogP contribution >= 0.6 is 0 Å². The molecule has 0 radical (unpaired) electrons. The number of nitrogens with zero attached hydrogens (tertiary/aromatic N) is 1. The lowest BCUT2D eigenvalue weighted by Gasteiger charge is -2.28. The number of nitrogens with one attached hydrogen (secondary N) is 1. The van der Waals surface area contributed by atoms with E-state index in [9.17, 15) is 19.2 Å². The molecular formula is C25H26N2O8. The Hall–Kier alpha value is -4.21. The topological polar surface area (TPSA) is 130 Å². The van der Waals surface area contributed by atoms with Crippen molar-refractivity contribution in [1.29, 1.82) is 0 Å². The largest absolute Gasteiger partial charge is 0.466 e. The van der Waals surface area contributed by atoms with Crippen molar-refractivity contribution in [2.45, 2.75) is 27.4 Å². The molecule has 2 aromatic rings. The number of rotatable bonds is 6. The number of carbonyl (C=O) groups is 4. The molecule has 1 aromatic heterocycles. The van der Waals surface area contributed by atoms with Gasteiger partial charge in [-0.05, 0) is 32.4 Å². The van der Waals surface area contributed by atoms with Crippen LogP contribution in [0.1, 0.15) is 35.5 Å². The van der Waals surface area contributed by atoms with Crippen molar-refractivity contribution in [2.75, 3.05) is 21.3 Å². The van der Waals surface area contributed by atoms with Gasteiger partial charge in [0.25, 0.3) is 0 Å². The zero-order chi connectivity index (χ0) is 25.9. The number of carbonyl (C=O) groups excluding carboxylic acids is 4. The van der Waals surface area contributed by atoms with Gasteiger partial charge in [0.2, 0.25) is 0 Å². The summed E-state index contributed by atoms with van der Waals surface area (Å²) in [5.74, 6) is -4.55. The number of pyridine rings is 1. The molecule has 1 N–H and O–H groups in total. The third-order valence-electron chi connectivity index (χ3n) is 5.77. The molecule has 0 saturated heterocycles. The maximum atomic E-state index is 13.3. The first-order chi connectivity index (χ1) is 16.7. The zero-order valence-corrected chi connectivity index (χ0v) is 20.3. The Morgan fingerprint density at radius 2 is 1.40 bits per heavy atom. The molecule has 1 aromatic carbocycles. The first kappa shape index (κ1) is 25.4. The molecule has 3 rings (SSSR count). The fraction of sp³-hybridized carbons (Fsp3) is 0.320. The van der Waals surface area contributed by atoms with E-state index < -0.39 is 36.4 Å². The second-order valence-corrected chi connectivity index (χ2v) is 7.79. The summed E-state index contributed by atoms with van der Waals surface area (Å²) in [5, 5.41) is 3.65. The molecule has 2 heterocycles. The van der Waals surface area contributed by atoms with E-state index in [1.54, 1.807) is 32.9 Å². The van der Waals surface area contributed by atoms with E-state index in [1.807, 2.05) is 12.1 Å². The summed E-state index contributed by atoms with van der Waals surface area (Å²) < 4.78 is 20.1. The predicted octanol–water partition coefficient (Wildman–Crippen LogP) is 2.49. The Kier molecular flexibility index (Phi) is 7.53. The molecule has 0 amide bonds. The molecule has 1 aliphatic rings. The summed E-state index contributed by atoms with van der Waals surface area (Å²) in [6, 6.07) is 7.20. The summed E-state index contributed by atoms with van der Waals surface area (Å²) in [5.41, 5.74) is 2.06. The van der Waals surface area contributed by atoms with Gasteiger partial charge in [-0.1, -0.05) is 18.2 Å². The van der Waals surface area contributed by atoms with Crippen LogP contribution in [0.25, 0.3) is 10.9 Å². The summed E-state index contributed by atoms with van der Waals surface area (Å²) in [4.78, 5) is 55.4. The minimum absolute atomic E-state index is 0.0839. The number of dihydropyridines is 1. The van der Waals surface area contributed by atoms with Gasteiger partial charge < -0.3 is 24.3 Å². The van der Waals surface area contributed by atoms with Crippen LogP contribution < -0.4 is 5.32 Å². The monoisotopic (exact) mass is 482 g/mol. The van der Waals surface area contributed by atoms with E-state index in [0.717, 1.165) is 5.39 Å². The Labute approximate surface area is 201 Å². The van der Waals surface area contributed by atoms with Crippen LogP contribution in [0.2, 0.25) is 0 Å². The first-order valence-electron chi connectivity index (χ1n) is 10.6. The predicted molar refractivity (Wildman–Crippen MR) is 124 cm³/mol. The van der Waals surface area contributed by atoms with Gasteiger partial charge >= 0.3 is 23.9 Å². The maximum absolute atomic E-state index is 13.3. The number of hydrogen-bond donors (Lipinski definition) is 1. The van der Waals surface area contributed by atoms with Crippen LogP contribution in [0.15, 0.2) is 46.8 Å². The zero-order valence-electron chi connectivity index (χ0n) is 20.3. The van der Waals surface area contributed by atoms with Crippen molar-refractivity contribution in [2.24, 2.45) is 5.92 Å². The van der Waals surface area contributed by atoms with E-state index in [2.05, 4.69) is 10.3 Å². The highest BCUT2D eigenvalue weighted by Gasteiger charge is 2.42. The summed E-state index contributed by atoms with van der Waals surface area (Å²) >= 11 is 0. The highest BCUT2D eigenvalue weighted by molar-refractivity contribution is 6.05. The average molecular weight is 482 g/mol. The number of aromatic nitrogens is 1. The molecule has 0 atom stereocenters. The van der Waals surface area contributed by atoms with Gasteiger partial charge in [-0.3, -0.25) is 4.79 Å². The lowest BCUT2D eigenvalue weighted by Crippen LogP contribution is -2.38. The number of aryl methyl sites for hydroxylation is 1. The van der Waals surface area contributed by atoms with E-state index >= 15 is 0 Å². The van der Waals surface area contributed by atoms with Gasteiger partial charge in [0, 0.05) is 16.8 Å². The van der Waals surface area contributed by atoms with Crippen molar-refractivity contribution in [1.82, 2.24) is 10.3 Å². The minimum atomic E-state index is -1.40. The average Bonchev–Trinajstić information content (AvgIpc) is 2.85. The van der Waals surface area contributed by atoms with Gasteiger partial charge in [0.15, 0.2) is 0 Å². The Morgan fingerprint density at radius 1 is 0.857 bits per heavy atom. The second kappa shape index (κ2) is 10.4.